The van der Waals surface area contributed by atoms with Gasteiger partial charge in [-0.05, 0) is 67.3 Å². The monoisotopic (exact) mass is 486 g/mol. The van der Waals surface area contributed by atoms with Gasteiger partial charge in [-0.3, -0.25) is 4.98 Å². The molecular weight excluding hydrogens is 463 g/mol. The maximum atomic E-state index is 12.1. The van der Waals surface area contributed by atoms with Crippen molar-refractivity contribution in [1.29, 1.82) is 0 Å². The van der Waals surface area contributed by atoms with E-state index >= 15 is 0 Å². The molecule has 0 fully saturated rings. The topological polar surface area (TPSA) is 115 Å². The maximum Gasteiger partial charge on any atom is 0.407 e. The highest BCUT2D eigenvalue weighted by Crippen LogP contribution is 2.26. The van der Waals surface area contributed by atoms with E-state index in [-0.39, 0.29) is 11.8 Å². The number of nitrogen functional groups attached to an aromatic ring is 1. The summed E-state index contributed by atoms with van der Waals surface area (Å²) in [6.45, 7) is 5.70. The number of nitrogens with zero attached hydrogens (tertiary/aromatic N) is 3. The smallest absolute Gasteiger partial charge is 0.407 e. The average Bonchev–Trinajstić information content (AvgIpc) is 2.73. The average molecular weight is 487 g/mol. The minimum Gasteiger partial charge on any atom is -0.444 e. The molecule has 0 atom stereocenters. The van der Waals surface area contributed by atoms with Crippen LogP contribution in [0.2, 0.25) is 10.3 Å². The number of rotatable bonds is 6. The fraction of sp³-hybridized carbons (Fsp3) is 0.217. The van der Waals surface area contributed by atoms with Gasteiger partial charge in [-0.1, -0.05) is 29.8 Å². The van der Waals surface area contributed by atoms with Crippen molar-refractivity contribution in [3.8, 4) is 0 Å². The van der Waals surface area contributed by atoms with E-state index in [1.54, 1.807) is 12.4 Å². The van der Waals surface area contributed by atoms with Gasteiger partial charge in [-0.15, -0.1) is 0 Å². The molecule has 1 amide bonds. The molecule has 0 bridgehead atoms. The molecule has 1 aromatic carbocycles. The SMILES string of the molecule is CC(C)(C)OC(=O)NCc1ccc(Nc2nc(Cl)ncc2Cl)cc1C=Cc1cncc(N)c1. The van der Waals surface area contributed by atoms with Gasteiger partial charge in [0.1, 0.15) is 10.6 Å². The van der Waals surface area contributed by atoms with Crippen molar-refractivity contribution in [3.63, 3.8) is 0 Å². The number of carbonyl (C=O) groups is 1. The van der Waals surface area contributed by atoms with Crippen LogP contribution in [0.1, 0.15) is 37.5 Å². The first-order chi connectivity index (χ1) is 15.6. The summed E-state index contributed by atoms with van der Waals surface area (Å²) in [5.41, 5.74) is 9.07. The van der Waals surface area contributed by atoms with Crippen LogP contribution in [0.4, 0.5) is 22.0 Å². The predicted octanol–water partition coefficient (Wildman–Crippen LogP) is 5.70. The summed E-state index contributed by atoms with van der Waals surface area (Å²) in [7, 11) is 0. The summed E-state index contributed by atoms with van der Waals surface area (Å²) in [5, 5.41) is 6.33. The summed E-state index contributed by atoms with van der Waals surface area (Å²) >= 11 is 12.1. The van der Waals surface area contributed by atoms with Crippen LogP contribution in [-0.2, 0) is 11.3 Å². The van der Waals surface area contributed by atoms with E-state index < -0.39 is 11.7 Å². The Balaban J connectivity index is 1.87. The summed E-state index contributed by atoms with van der Waals surface area (Å²) in [4.78, 5) is 24.2. The Bertz CT molecular complexity index is 1180. The zero-order valence-corrected chi connectivity index (χ0v) is 19.9. The molecule has 10 heteroatoms. The number of nitrogens with one attached hydrogen (secondary N) is 2. The number of hydrogen-bond acceptors (Lipinski definition) is 7. The minimum atomic E-state index is -0.584. The van der Waals surface area contributed by atoms with Crippen LogP contribution in [0, 0.1) is 0 Å². The van der Waals surface area contributed by atoms with Crippen LogP contribution in [0.25, 0.3) is 12.2 Å². The van der Waals surface area contributed by atoms with Gasteiger partial charge in [0.25, 0.3) is 0 Å². The van der Waals surface area contributed by atoms with Crippen molar-refractivity contribution in [2.75, 3.05) is 11.1 Å². The van der Waals surface area contributed by atoms with Crippen LogP contribution < -0.4 is 16.4 Å². The number of halogens is 2. The van der Waals surface area contributed by atoms with Gasteiger partial charge in [0, 0.05) is 24.6 Å². The van der Waals surface area contributed by atoms with Gasteiger partial charge in [0.15, 0.2) is 5.82 Å². The second-order valence-electron chi connectivity index (χ2n) is 8.11. The number of amides is 1. The number of ether oxygens (including phenoxy) is 1. The normalized spacial score (nSPS) is 11.4. The number of benzene rings is 1. The van der Waals surface area contributed by atoms with Crippen LogP contribution in [0.5, 0.6) is 0 Å². The molecule has 3 aromatic rings. The van der Waals surface area contributed by atoms with Crippen molar-refractivity contribution in [2.24, 2.45) is 0 Å². The number of carbonyl (C=O) groups excluding carboxylic acids is 1. The molecular formula is C23H24Cl2N6O2. The standard InChI is InChI=1S/C23H24Cl2N6O2/c1-23(2,3)33-22(32)29-11-16-6-7-18(30-20-19(24)13-28-21(25)31-20)9-15(16)5-4-14-8-17(26)12-27-10-14/h4-10,12-13H,11,26H2,1-3H3,(H,29,32)(H,28,30,31). The number of pyridine rings is 1. The quantitative estimate of drug-likeness (QED) is 0.382. The molecule has 0 saturated heterocycles. The highest BCUT2D eigenvalue weighted by Gasteiger charge is 2.16. The zero-order chi connectivity index (χ0) is 24.0. The van der Waals surface area contributed by atoms with E-state index in [9.17, 15) is 4.79 Å². The summed E-state index contributed by atoms with van der Waals surface area (Å²) in [5.74, 6) is 0.381. The summed E-state index contributed by atoms with van der Waals surface area (Å²) in [6.07, 6.45) is 8.00. The van der Waals surface area contributed by atoms with Crippen LogP contribution in [0.15, 0.2) is 42.9 Å². The lowest BCUT2D eigenvalue weighted by Gasteiger charge is -2.20. The first-order valence-corrected chi connectivity index (χ1v) is 10.8. The number of alkyl carbamates (subject to hydrolysis) is 1. The molecule has 2 heterocycles. The minimum absolute atomic E-state index is 0.0781. The molecule has 3 rings (SSSR count). The van der Waals surface area contributed by atoms with E-state index in [1.807, 2.05) is 57.2 Å². The van der Waals surface area contributed by atoms with Crippen molar-refractivity contribution in [2.45, 2.75) is 32.9 Å². The van der Waals surface area contributed by atoms with Crippen molar-refractivity contribution < 1.29 is 9.53 Å². The third kappa shape index (κ3) is 7.62. The molecule has 0 aliphatic heterocycles. The van der Waals surface area contributed by atoms with Gasteiger partial charge in [-0.25, -0.2) is 9.78 Å². The van der Waals surface area contributed by atoms with E-state index in [2.05, 4.69) is 25.6 Å². The molecule has 0 saturated carbocycles. The Labute approximate surface area is 202 Å². The Morgan fingerprint density at radius 2 is 1.94 bits per heavy atom. The second kappa shape index (κ2) is 10.5. The lowest BCUT2D eigenvalue weighted by Crippen LogP contribution is -2.32. The first-order valence-electron chi connectivity index (χ1n) is 10.0. The first kappa shape index (κ1) is 24.3. The maximum absolute atomic E-state index is 12.1. The zero-order valence-electron chi connectivity index (χ0n) is 18.4. The van der Waals surface area contributed by atoms with Gasteiger partial charge in [-0.2, -0.15) is 4.98 Å². The summed E-state index contributed by atoms with van der Waals surface area (Å²) < 4.78 is 5.32. The molecule has 0 unspecified atom stereocenters. The number of anilines is 3. The molecule has 8 nitrogen and oxygen atoms in total. The van der Waals surface area contributed by atoms with Crippen molar-refractivity contribution in [1.82, 2.24) is 20.3 Å². The van der Waals surface area contributed by atoms with E-state index in [0.29, 0.717) is 16.5 Å². The molecule has 33 heavy (non-hydrogen) atoms. The molecule has 2 aromatic heterocycles. The molecule has 0 radical (unpaired) electrons. The molecule has 4 N–H and O–H groups in total. The van der Waals surface area contributed by atoms with Gasteiger partial charge in [0.05, 0.1) is 11.9 Å². The van der Waals surface area contributed by atoms with Crippen LogP contribution in [-0.4, -0.2) is 26.6 Å². The molecule has 0 spiro atoms. The van der Waals surface area contributed by atoms with E-state index in [0.717, 1.165) is 22.4 Å². The van der Waals surface area contributed by atoms with Crippen molar-refractivity contribution >= 4 is 58.6 Å². The highest BCUT2D eigenvalue weighted by atomic mass is 35.5. The second-order valence-corrected chi connectivity index (χ2v) is 8.86. The Kier molecular flexibility index (Phi) is 7.73. The lowest BCUT2D eigenvalue weighted by molar-refractivity contribution is 0.0523. The third-order valence-electron chi connectivity index (χ3n) is 4.18. The third-order valence-corrected chi connectivity index (χ3v) is 4.64. The van der Waals surface area contributed by atoms with Gasteiger partial charge >= 0.3 is 6.09 Å². The number of hydrogen-bond donors (Lipinski definition) is 3. The summed E-state index contributed by atoms with van der Waals surface area (Å²) in [6, 6.07) is 7.44. The Morgan fingerprint density at radius 1 is 1.15 bits per heavy atom. The fourth-order valence-corrected chi connectivity index (χ4v) is 3.07. The molecule has 0 aliphatic rings. The van der Waals surface area contributed by atoms with Gasteiger partial charge < -0.3 is 21.1 Å². The fourth-order valence-electron chi connectivity index (χ4n) is 2.79. The Hall–Kier alpha value is -3.36. The van der Waals surface area contributed by atoms with E-state index in [4.69, 9.17) is 33.7 Å². The largest absolute Gasteiger partial charge is 0.444 e. The van der Waals surface area contributed by atoms with Crippen molar-refractivity contribution in [3.05, 3.63) is 69.9 Å². The van der Waals surface area contributed by atoms with Gasteiger partial charge in [0.2, 0.25) is 5.28 Å². The highest BCUT2D eigenvalue weighted by molar-refractivity contribution is 6.33. The lowest BCUT2D eigenvalue weighted by atomic mass is 10.0. The molecule has 172 valence electrons. The predicted molar refractivity (Wildman–Crippen MR) is 132 cm³/mol. The number of nitrogens with two attached hydrogens (primary N) is 1. The molecule has 0 aliphatic carbocycles. The van der Waals surface area contributed by atoms with E-state index in [1.165, 1.54) is 6.20 Å². The Morgan fingerprint density at radius 3 is 2.67 bits per heavy atom. The van der Waals surface area contributed by atoms with Crippen LogP contribution >= 0.6 is 23.2 Å². The number of aromatic nitrogens is 3. The van der Waals surface area contributed by atoms with Crippen LogP contribution in [0.3, 0.4) is 0 Å².